The number of hydrogen-bond donors (Lipinski definition) is 2. The maximum Gasteiger partial charge on any atom is 0.0659 e. The second-order valence-corrected chi connectivity index (χ2v) is 10.1. The molecular formula is C32H21BrN4. The first-order valence-electron chi connectivity index (χ1n) is 12.1. The van der Waals surface area contributed by atoms with Gasteiger partial charge in [0.25, 0.3) is 0 Å². The molecule has 5 aromatic rings. The van der Waals surface area contributed by atoms with E-state index in [0.717, 1.165) is 60.4 Å². The molecule has 0 spiro atoms. The van der Waals surface area contributed by atoms with Gasteiger partial charge in [-0.15, -0.1) is 0 Å². The zero-order chi connectivity index (χ0) is 24.8. The van der Waals surface area contributed by atoms with Gasteiger partial charge in [-0.2, -0.15) is 0 Å². The Kier molecular flexibility index (Phi) is 5.22. The standard InChI is InChI=1S/C32H21BrN4/c33-23-7-5-21(6-8-23)20-1-3-22(4-2-20)31-18-30-17-28-12-11-26(35-28)15-24-9-10-25(34-24)16-27-13-14-29(36-27)19-32(31)37-30/h1-19,35,37H. The third kappa shape index (κ3) is 4.46. The van der Waals surface area contributed by atoms with Crippen molar-refractivity contribution in [1.82, 2.24) is 19.9 Å². The van der Waals surface area contributed by atoms with Gasteiger partial charge in [-0.1, -0.05) is 52.3 Å². The Morgan fingerprint density at radius 1 is 0.459 bits per heavy atom. The van der Waals surface area contributed by atoms with Crippen LogP contribution < -0.4 is 0 Å². The fraction of sp³-hybridized carbons (Fsp3) is 0. The normalized spacial score (nSPS) is 12.2. The molecule has 2 aliphatic rings. The van der Waals surface area contributed by atoms with Crippen LogP contribution in [-0.4, -0.2) is 19.9 Å². The predicted octanol–water partition coefficient (Wildman–Crippen LogP) is 8.75. The second kappa shape index (κ2) is 8.87. The number of fused-ring (bicyclic) bond motifs is 8. The third-order valence-corrected chi connectivity index (χ3v) is 7.07. The number of nitrogens with zero attached hydrogens (tertiary/aromatic N) is 2. The molecule has 0 fully saturated rings. The number of hydrogen-bond acceptors (Lipinski definition) is 2. The van der Waals surface area contributed by atoms with E-state index in [0.29, 0.717) is 0 Å². The van der Waals surface area contributed by atoms with Crippen LogP contribution in [0.3, 0.4) is 0 Å². The van der Waals surface area contributed by atoms with E-state index < -0.39 is 0 Å². The summed E-state index contributed by atoms with van der Waals surface area (Å²) in [5, 5.41) is 0. The van der Waals surface area contributed by atoms with Crippen molar-refractivity contribution < 1.29 is 0 Å². The maximum absolute atomic E-state index is 4.81. The van der Waals surface area contributed by atoms with Crippen molar-refractivity contribution in [3.63, 3.8) is 0 Å². The average molecular weight is 541 g/mol. The van der Waals surface area contributed by atoms with Crippen LogP contribution in [0.4, 0.5) is 0 Å². The summed E-state index contributed by atoms with van der Waals surface area (Å²) >= 11 is 3.52. The highest BCUT2D eigenvalue weighted by atomic mass is 79.9. The Bertz CT molecular complexity index is 1870. The van der Waals surface area contributed by atoms with Gasteiger partial charge in [-0.25, -0.2) is 9.97 Å². The molecule has 4 nitrogen and oxygen atoms in total. The molecule has 0 radical (unpaired) electrons. The molecule has 5 heteroatoms. The molecule has 0 saturated carbocycles. The summed E-state index contributed by atoms with van der Waals surface area (Å²) in [7, 11) is 0. The topological polar surface area (TPSA) is 57.4 Å². The van der Waals surface area contributed by atoms with E-state index >= 15 is 0 Å². The van der Waals surface area contributed by atoms with E-state index in [1.165, 1.54) is 11.1 Å². The fourth-order valence-electron chi connectivity index (χ4n) is 4.74. The van der Waals surface area contributed by atoms with Gasteiger partial charge >= 0.3 is 0 Å². The Morgan fingerprint density at radius 2 is 1.00 bits per heavy atom. The van der Waals surface area contributed by atoms with Crippen molar-refractivity contribution >= 4 is 62.3 Å². The lowest BCUT2D eigenvalue weighted by molar-refractivity contribution is 1.28. The minimum Gasteiger partial charge on any atom is -0.355 e. The van der Waals surface area contributed by atoms with E-state index in [4.69, 9.17) is 9.97 Å². The van der Waals surface area contributed by atoms with Crippen molar-refractivity contribution in [3.05, 3.63) is 118 Å². The highest BCUT2D eigenvalue weighted by Gasteiger charge is 2.08. The van der Waals surface area contributed by atoms with Crippen LogP contribution >= 0.6 is 15.9 Å². The number of nitrogens with one attached hydrogen (secondary N) is 2. The number of rotatable bonds is 2. The van der Waals surface area contributed by atoms with Crippen LogP contribution in [0.2, 0.25) is 0 Å². The SMILES string of the molecule is Brc1ccc(-c2ccc(-c3cc4cc5ccc(cc6nc(cc7nc(cc3[nH]4)C=C7)C=C6)[nH]5)cc2)cc1. The monoisotopic (exact) mass is 540 g/mol. The van der Waals surface area contributed by atoms with Gasteiger partial charge in [-0.05, 0) is 95.6 Å². The van der Waals surface area contributed by atoms with Crippen LogP contribution in [0, 0.1) is 0 Å². The molecule has 0 unspecified atom stereocenters. The van der Waals surface area contributed by atoms with Gasteiger partial charge < -0.3 is 9.97 Å². The highest BCUT2D eigenvalue weighted by Crippen LogP contribution is 2.30. The minimum absolute atomic E-state index is 0.892. The predicted molar refractivity (Wildman–Crippen MR) is 157 cm³/mol. The molecular weight excluding hydrogens is 520 g/mol. The van der Waals surface area contributed by atoms with Gasteiger partial charge in [0.2, 0.25) is 0 Å². The molecule has 8 bridgehead atoms. The number of aromatic amines is 2. The number of halogens is 1. The van der Waals surface area contributed by atoms with Crippen molar-refractivity contribution in [1.29, 1.82) is 0 Å². The summed E-state index contributed by atoms with van der Waals surface area (Å²) in [6.07, 6.45) is 8.11. The molecule has 3 aromatic heterocycles. The van der Waals surface area contributed by atoms with Crippen LogP contribution in [-0.2, 0) is 0 Å². The number of H-pyrrole nitrogens is 2. The summed E-state index contributed by atoms with van der Waals surface area (Å²) in [6.45, 7) is 0. The molecule has 0 atom stereocenters. The summed E-state index contributed by atoms with van der Waals surface area (Å²) in [5.74, 6) is 0. The summed E-state index contributed by atoms with van der Waals surface area (Å²) < 4.78 is 1.08. The van der Waals surface area contributed by atoms with E-state index in [9.17, 15) is 0 Å². The molecule has 0 amide bonds. The first-order chi connectivity index (χ1) is 18.1. The lowest BCUT2D eigenvalue weighted by Crippen LogP contribution is -1.80. The van der Waals surface area contributed by atoms with Crippen LogP contribution in [0.5, 0.6) is 0 Å². The van der Waals surface area contributed by atoms with E-state index in [1.807, 2.05) is 30.4 Å². The molecule has 2 N–H and O–H groups in total. The Hall–Kier alpha value is -4.48. The summed E-state index contributed by atoms with van der Waals surface area (Å²) in [6, 6.07) is 31.8. The molecule has 5 heterocycles. The first kappa shape index (κ1) is 21.8. The van der Waals surface area contributed by atoms with Gasteiger partial charge in [0.1, 0.15) is 0 Å². The van der Waals surface area contributed by atoms with Gasteiger partial charge in [0.15, 0.2) is 0 Å². The molecule has 176 valence electrons. The lowest BCUT2D eigenvalue weighted by atomic mass is 10.0. The Labute approximate surface area is 222 Å². The van der Waals surface area contributed by atoms with Gasteiger partial charge in [0, 0.05) is 32.1 Å². The first-order valence-corrected chi connectivity index (χ1v) is 12.9. The van der Waals surface area contributed by atoms with Gasteiger partial charge in [-0.3, -0.25) is 0 Å². The van der Waals surface area contributed by atoms with Crippen LogP contribution in [0.1, 0.15) is 22.8 Å². The van der Waals surface area contributed by atoms with Crippen molar-refractivity contribution in [3.8, 4) is 22.3 Å². The summed E-state index contributed by atoms with van der Waals surface area (Å²) in [4.78, 5) is 16.6. The smallest absolute Gasteiger partial charge is 0.0659 e. The average Bonchev–Trinajstić information content (AvgIpc) is 3.70. The second-order valence-electron chi connectivity index (χ2n) is 9.17. The minimum atomic E-state index is 0.892. The van der Waals surface area contributed by atoms with Crippen molar-refractivity contribution in [2.24, 2.45) is 0 Å². The number of aromatic nitrogens is 4. The molecule has 37 heavy (non-hydrogen) atoms. The Balaban J connectivity index is 1.41. The maximum atomic E-state index is 4.81. The van der Waals surface area contributed by atoms with Crippen molar-refractivity contribution in [2.75, 3.05) is 0 Å². The summed E-state index contributed by atoms with van der Waals surface area (Å²) in [5.41, 5.74) is 12.3. The van der Waals surface area contributed by atoms with E-state index in [1.54, 1.807) is 0 Å². The molecule has 0 saturated heterocycles. The zero-order valence-electron chi connectivity index (χ0n) is 19.7. The molecule has 2 aromatic carbocycles. The molecule has 2 aliphatic heterocycles. The van der Waals surface area contributed by atoms with E-state index in [2.05, 4.69) is 111 Å². The van der Waals surface area contributed by atoms with Crippen LogP contribution in [0.25, 0.3) is 68.6 Å². The van der Waals surface area contributed by atoms with E-state index in [-0.39, 0.29) is 0 Å². The molecule has 0 aliphatic carbocycles. The quantitative estimate of drug-likeness (QED) is 0.230. The zero-order valence-corrected chi connectivity index (χ0v) is 21.3. The van der Waals surface area contributed by atoms with Crippen LogP contribution in [0.15, 0.2) is 95.5 Å². The molecule has 7 rings (SSSR count). The number of benzene rings is 2. The Morgan fingerprint density at radius 3 is 1.68 bits per heavy atom. The third-order valence-electron chi connectivity index (χ3n) is 6.54. The lowest BCUT2D eigenvalue weighted by Gasteiger charge is -2.04. The van der Waals surface area contributed by atoms with Crippen molar-refractivity contribution in [2.45, 2.75) is 0 Å². The van der Waals surface area contributed by atoms with Gasteiger partial charge in [0.05, 0.1) is 22.8 Å². The largest absolute Gasteiger partial charge is 0.355 e. The highest BCUT2D eigenvalue weighted by molar-refractivity contribution is 9.10. The fourth-order valence-corrected chi connectivity index (χ4v) is 5.01.